The van der Waals surface area contributed by atoms with E-state index in [1.807, 2.05) is 25.1 Å². The lowest BCUT2D eigenvalue weighted by Crippen LogP contribution is -2.24. The second-order valence-electron chi connectivity index (χ2n) is 5.82. The van der Waals surface area contributed by atoms with E-state index in [0.717, 1.165) is 17.5 Å². The number of rotatable bonds is 5. The summed E-state index contributed by atoms with van der Waals surface area (Å²) in [6.07, 6.45) is 1.01. The summed E-state index contributed by atoms with van der Waals surface area (Å²) in [5.74, 6) is 0.369. The van der Waals surface area contributed by atoms with Crippen LogP contribution < -0.4 is 5.32 Å². The van der Waals surface area contributed by atoms with Gasteiger partial charge in [0.15, 0.2) is 0 Å². The van der Waals surface area contributed by atoms with Crippen molar-refractivity contribution in [1.29, 1.82) is 0 Å². The van der Waals surface area contributed by atoms with Crippen LogP contribution in [0, 0.1) is 13.8 Å². The predicted octanol–water partition coefficient (Wildman–Crippen LogP) is 4.81. The van der Waals surface area contributed by atoms with Crippen LogP contribution in [-0.2, 0) is 0 Å². The van der Waals surface area contributed by atoms with Crippen LogP contribution in [0.25, 0.3) is 0 Å². The molecule has 112 valence electrons. The maximum atomic E-state index is 10.1. The number of hydrogen-bond acceptors (Lipinski definition) is 2. The SMILES string of the molecule is CCC(NC(C)c1ccc(C)cc1O)c1ccc(C)cc1. The van der Waals surface area contributed by atoms with Gasteiger partial charge in [0.2, 0.25) is 0 Å². The van der Waals surface area contributed by atoms with Crippen molar-refractivity contribution in [3.63, 3.8) is 0 Å². The molecule has 0 radical (unpaired) electrons. The molecule has 2 aromatic rings. The molecule has 2 atom stereocenters. The molecule has 2 N–H and O–H groups in total. The molecule has 2 aromatic carbocycles. The highest BCUT2D eigenvalue weighted by molar-refractivity contribution is 5.38. The minimum Gasteiger partial charge on any atom is -0.508 e. The van der Waals surface area contributed by atoms with E-state index in [0.29, 0.717) is 11.8 Å². The number of phenols is 1. The van der Waals surface area contributed by atoms with Gasteiger partial charge in [0.1, 0.15) is 5.75 Å². The van der Waals surface area contributed by atoms with Crippen molar-refractivity contribution in [1.82, 2.24) is 5.32 Å². The minimum absolute atomic E-state index is 0.108. The van der Waals surface area contributed by atoms with E-state index in [1.54, 1.807) is 0 Å². The van der Waals surface area contributed by atoms with Crippen molar-refractivity contribution >= 4 is 0 Å². The van der Waals surface area contributed by atoms with Crippen LogP contribution in [0.5, 0.6) is 5.75 Å². The summed E-state index contributed by atoms with van der Waals surface area (Å²) >= 11 is 0. The summed E-state index contributed by atoms with van der Waals surface area (Å²) in [6, 6.07) is 14.9. The molecule has 2 heteroatoms. The fourth-order valence-corrected chi connectivity index (χ4v) is 2.66. The predicted molar refractivity (Wildman–Crippen MR) is 88.6 cm³/mol. The Morgan fingerprint density at radius 1 is 1.00 bits per heavy atom. The fourth-order valence-electron chi connectivity index (χ4n) is 2.66. The van der Waals surface area contributed by atoms with Crippen molar-refractivity contribution < 1.29 is 5.11 Å². The Balaban J connectivity index is 2.15. The molecular formula is C19H25NO. The normalized spacial score (nSPS) is 13.9. The fraction of sp³-hybridized carbons (Fsp3) is 0.368. The van der Waals surface area contributed by atoms with Crippen molar-refractivity contribution in [3.05, 3.63) is 64.7 Å². The molecule has 0 saturated heterocycles. The monoisotopic (exact) mass is 283 g/mol. The van der Waals surface area contributed by atoms with E-state index in [2.05, 4.69) is 50.4 Å². The molecule has 0 aliphatic heterocycles. The van der Waals surface area contributed by atoms with E-state index < -0.39 is 0 Å². The molecule has 0 spiro atoms. The Bertz CT molecular complexity index is 589. The number of nitrogens with one attached hydrogen (secondary N) is 1. The molecule has 2 unspecified atom stereocenters. The molecule has 0 bridgehead atoms. The summed E-state index contributed by atoms with van der Waals surface area (Å²) in [5.41, 5.74) is 4.60. The third-order valence-corrected chi connectivity index (χ3v) is 3.99. The first-order valence-electron chi connectivity index (χ1n) is 7.63. The molecule has 0 fully saturated rings. The summed E-state index contributed by atoms with van der Waals surface area (Å²) < 4.78 is 0. The zero-order valence-electron chi connectivity index (χ0n) is 13.4. The lowest BCUT2D eigenvalue weighted by atomic mass is 9.99. The summed E-state index contributed by atoms with van der Waals surface area (Å²) in [5, 5.41) is 13.7. The van der Waals surface area contributed by atoms with E-state index in [9.17, 15) is 5.11 Å². The Labute approximate surface area is 127 Å². The second-order valence-corrected chi connectivity index (χ2v) is 5.82. The van der Waals surface area contributed by atoms with Crippen molar-refractivity contribution in [2.45, 2.75) is 46.2 Å². The third-order valence-electron chi connectivity index (χ3n) is 3.99. The molecule has 0 aliphatic carbocycles. The van der Waals surface area contributed by atoms with Crippen LogP contribution in [0.15, 0.2) is 42.5 Å². The van der Waals surface area contributed by atoms with E-state index in [-0.39, 0.29) is 6.04 Å². The van der Waals surface area contributed by atoms with Crippen LogP contribution in [0.4, 0.5) is 0 Å². The Morgan fingerprint density at radius 2 is 1.62 bits per heavy atom. The van der Waals surface area contributed by atoms with E-state index >= 15 is 0 Å². The van der Waals surface area contributed by atoms with Gasteiger partial charge in [-0.2, -0.15) is 0 Å². The van der Waals surface area contributed by atoms with Crippen LogP contribution in [0.1, 0.15) is 54.6 Å². The number of benzene rings is 2. The number of aromatic hydroxyl groups is 1. The molecule has 0 aliphatic rings. The lowest BCUT2D eigenvalue weighted by Gasteiger charge is -2.24. The van der Waals surface area contributed by atoms with Gasteiger partial charge in [0.05, 0.1) is 0 Å². The maximum Gasteiger partial charge on any atom is 0.120 e. The van der Waals surface area contributed by atoms with Crippen molar-refractivity contribution in [3.8, 4) is 5.75 Å². The Kier molecular flexibility index (Phi) is 5.03. The minimum atomic E-state index is 0.108. The average Bonchev–Trinajstić information content (AvgIpc) is 2.45. The Morgan fingerprint density at radius 3 is 2.19 bits per heavy atom. The maximum absolute atomic E-state index is 10.1. The first kappa shape index (κ1) is 15.6. The largest absolute Gasteiger partial charge is 0.508 e. The third kappa shape index (κ3) is 3.85. The summed E-state index contributed by atoms with van der Waals surface area (Å²) in [6.45, 7) is 8.37. The zero-order valence-corrected chi connectivity index (χ0v) is 13.4. The van der Waals surface area contributed by atoms with Gasteiger partial charge in [-0.3, -0.25) is 0 Å². The van der Waals surface area contributed by atoms with Gasteiger partial charge in [-0.15, -0.1) is 0 Å². The Hall–Kier alpha value is -1.80. The molecule has 0 heterocycles. The van der Waals surface area contributed by atoms with Crippen molar-refractivity contribution in [2.24, 2.45) is 0 Å². The van der Waals surface area contributed by atoms with Crippen LogP contribution in [0.3, 0.4) is 0 Å². The highest BCUT2D eigenvalue weighted by Crippen LogP contribution is 2.28. The second kappa shape index (κ2) is 6.77. The molecule has 0 aromatic heterocycles. The van der Waals surface area contributed by atoms with Crippen LogP contribution >= 0.6 is 0 Å². The van der Waals surface area contributed by atoms with Crippen LogP contribution in [0.2, 0.25) is 0 Å². The van der Waals surface area contributed by atoms with Gasteiger partial charge < -0.3 is 10.4 Å². The summed E-state index contributed by atoms with van der Waals surface area (Å²) in [7, 11) is 0. The molecule has 2 rings (SSSR count). The van der Waals surface area contributed by atoms with Gasteiger partial charge in [0, 0.05) is 17.6 Å². The first-order chi connectivity index (χ1) is 10.0. The van der Waals surface area contributed by atoms with Gasteiger partial charge in [-0.1, -0.05) is 48.9 Å². The highest BCUT2D eigenvalue weighted by Gasteiger charge is 2.16. The van der Waals surface area contributed by atoms with Crippen molar-refractivity contribution in [2.75, 3.05) is 0 Å². The molecule has 21 heavy (non-hydrogen) atoms. The van der Waals surface area contributed by atoms with E-state index in [1.165, 1.54) is 11.1 Å². The smallest absolute Gasteiger partial charge is 0.120 e. The quantitative estimate of drug-likeness (QED) is 0.825. The number of phenolic OH excluding ortho intramolecular Hbond substituents is 1. The summed E-state index contributed by atoms with van der Waals surface area (Å²) in [4.78, 5) is 0. The van der Waals surface area contributed by atoms with Crippen LogP contribution in [-0.4, -0.2) is 5.11 Å². The molecule has 0 saturated carbocycles. The molecule has 0 amide bonds. The topological polar surface area (TPSA) is 32.3 Å². The first-order valence-corrected chi connectivity index (χ1v) is 7.63. The van der Waals surface area contributed by atoms with E-state index in [4.69, 9.17) is 0 Å². The lowest BCUT2D eigenvalue weighted by molar-refractivity contribution is 0.424. The standard InChI is InChI=1S/C19H25NO/c1-5-18(16-9-6-13(2)7-10-16)20-15(4)17-11-8-14(3)12-19(17)21/h6-12,15,18,20-21H,5H2,1-4H3. The van der Waals surface area contributed by atoms with Gasteiger partial charge in [0.25, 0.3) is 0 Å². The number of hydrogen-bond donors (Lipinski definition) is 2. The molecule has 2 nitrogen and oxygen atoms in total. The van der Waals surface area contributed by atoms with Gasteiger partial charge in [-0.25, -0.2) is 0 Å². The van der Waals surface area contributed by atoms with Gasteiger partial charge in [-0.05, 0) is 44.4 Å². The van der Waals surface area contributed by atoms with Gasteiger partial charge >= 0.3 is 0 Å². The molecular weight excluding hydrogens is 258 g/mol. The highest BCUT2D eigenvalue weighted by atomic mass is 16.3. The zero-order chi connectivity index (χ0) is 15.4. The average molecular weight is 283 g/mol. The number of aryl methyl sites for hydroxylation is 2.